The van der Waals surface area contributed by atoms with Gasteiger partial charge in [0.15, 0.2) is 0 Å². The Balaban J connectivity index is 0.000000205. The number of hydrogen-bond acceptors (Lipinski definition) is 16. The van der Waals surface area contributed by atoms with Crippen LogP contribution in [0.3, 0.4) is 0 Å². The number of amides is 8. The number of nitrogens with zero attached hydrogens (tertiary/aromatic N) is 8. The number of hydrogen-bond donors (Lipinski definition) is 10. The number of rotatable bonds is 22. The molecule has 4 aliphatic heterocycles. The second kappa shape index (κ2) is 35.6. The first-order chi connectivity index (χ1) is 56.3. The minimum atomic E-state index is -1.64. The first-order valence-electron chi connectivity index (χ1n) is 41.2. The van der Waals surface area contributed by atoms with Crippen LogP contribution in [0.2, 0.25) is 50.4 Å². The lowest BCUT2D eigenvalue weighted by atomic mass is 9.99. The first kappa shape index (κ1) is 84.8. The molecule has 6 aromatic carbocycles. The summed E-state index contributed by atoms with van der Waals surface area (Å²) in [6.45, 7) is 25.6. The van der Waals surface area contributed by atoms with Crippen molar-refractivity contribution in [1.29, 1.82) is 0 Å². The van der Waals surface area contributed by atoms with E-state index in [1.54, 1.807) is 11.1 Å². The third-order valence-electron chi connectivity index (χ3n) is 24.0. The number of nitrogens with one attached hydrogen (secondary N) is 8. The largest absolute Gasteiger partial charge is 0.453 e. The number of alkyl carbamates (subject to hydrolysis) is 2. The second-order valence-corrected chi connectivity index (χ2v) is 45.4. The summed E-state index contributed by atoms with van der Waals surface area (Å²) in [7, 11) is -0.653. The van der Waals surface area contributed by atoms with Crippen molar-refractivity contribution in [1.82, 2.24) is 80.7 Å². The van der Waals surface area contributed by atoms with E-state index in [9.17, 15) is 48.6 Å². The average molecular weight is 1640 g/mol. The fourth-order valence-corrected chi connectivity index (χ4v) is 22.2. The maximum absolute atomic E-state index is 14.0. The van der Waals surface area contributed by atoms with Crippen LogP contribution in [-0.4, -0.2) is 211 Å². The average Bonchev–Trinajstić information content (AvgIpc) is 1.62. The molecule has 4 aromatic heterocycles. The fraction of sp³-hybridized carbons (Fsp3) is 0.455. The summed E-state index contributed by atoms with van der Waals surface area (Å²) < 4.78 is 9.59. The Bertz CT molecular complexity index is 5360. The second-order valence-electron chi connectivity index (χ2n) is 34.9. The Morgan fingerprint density at radius 1 is 0.424 bits per heavy atom. The quantitative estimate of drug-likeness (QED) is 0.0282. The van der Waals surface area contributed by atoms with Crippen LogP contribution in [0, 0.1) is 23.7 Å². The van der Waals surface area contributed by atoms with E-state index in [1.807, 2.05) is 88.4 Å². The molecule has 8 atom stereocenters. The van der Waals surface area contributed by atoms with Crippen molar-refractivity contribution in [2.24, 2.45) is 23.7 Å². The van der Waals surface area contributed by atoms with E-state index < -0.39 is 77.5 Å². The van der Waals surface area contributed by atoms with Crippen LogP contribution in [0.5, 0.6) is 0 Å². The molecule has 0 saturated carbocycles. The lowest BCUT2D eigenvalue weighted by Crippen LogP contribution is -2.56. The molecule has 10 aromatic rings. The zero-order valence-corrected chi connectivity index (χ0v) is 71.9. The Morgan fingerprint density at radius 3 is 1.13 bits per heavy atom. The number of imidazole rings is 4. The molecule has 8 amide bonds. The van der Waals surface area contributed by atoms with Crippen molar-refractivity contribution >= 4 is 107 Å². The molecule has 0 aliphatic carbocycles. The third-order valence-corrected chi connectivity index (χ3v) is 30.1. The molecule has 118 heavy (non-hydrogen) atoms. The highest BCUT2D eigenvalue weighted by Crippen LogP contribution is 2.43. The van der Waals surface area contributed by atoms with Crippen LogP contribution >= 0.6 is 0 Å². The molecule has 6 unspecified atom stereocenters. The zero-order valence-electron chi connectivity index (χ0n) is 69.9. The zero-order chi connectivity index (χ0) is 84.3. The van der Waals surface area contributed by atoms with Gasteiger partial charge in [0.25, 0.3) is 0 Å². The number of methoxy groups -OCH3 is 2. The molecule has 0 radical (unpaired) electrons. The van der Waals surface area contributed by atoms with Crippen LogP contribution < -0.4 is 21.3 Å². The highest BCUT2D eigenvalue weighted by atomic mass is 28.3. The maximum Gasteiger partial charge on any atom is 0.407 e. The topological polar surface area (TPSA) is 371 Å². The minimum Gasteiger partial charge on any atom is -0.453 e. The molecule has 624 valence electrons. The molecule has 4 saturated heterocycles. The third kappa shape index (κ3) is 18.3. The lowest BCUT2D eigenvalue weighted by Gasteiger charge is -2.43. The van der Waals surface area contributed by atoms with Crippen molar-refractivity contribution in [3.05, 3.63) is 145 Å². The number of H-pyrrole nitrogens is 4. The van der Waals surface area contributed by atoms with Gasteiger partial charge in [-0.1, -0.05) is 167 Å². The van der Waals surface area contributed by atoms with Gasteiger partial charge in [-0.25, -0.2) is 29.5 Å². The van der Waals surface area contributed by atoms with E-state index in [0.717, 1.165) is 162 Å². The van der Waals surface area contributed by atoms with Crippen molar-refractivity contribution < 1.29 is 58.0 Å². The van der Waals surface area contributed by atoms with Gasteiger partial charge in [-0.05, 0) is 142 Å². The summed E-state index contributed by atoms with van der Waals surface area (Å²) >= 11 is 0. The molecule has 0 bridgehead atoms. The Labute approximate surface area is 689 Å². The Hall–Kier alpha value is -11.1. The van der Waals surface area contributed by atoms with E-state index in [4.69, 9.17) is 29.4 Å². The first-order valence-corrected chi connectivity index (χ1v) is 48.1. The van der Waals surface area contributed by atoms with Gasteiger partial charge >= 0.3 is 12.2 Å². The molecule has 4 fully saturated rings. The number of aromatic nitrogens is 8. The van der Waals surface area contributed by atoms with E-state index >= 15 is 0 Å². The number of ether oxygens (including phenoxy) is 2. The molecule has 30 heteroatoms. The van der Waals surface area contributed by atoms with Crippen molar-refractivity contribution in [2.45, 2.75) is 180 Å². The molecule has 0 spiro atoms. The van der Waals surface area contributed by atoms with Crippen molar-refractivity contribution in [3.8, 4) is 44.8 Å². The Morgan fingerprint density at radius 2 is 0.754 bits per heavy atom. The number of likely N-dealkylation sites (tertiary alicyclic amines) is 2. The number of carbonyl (C=O) groups excluding carboxylic acids is 8. The maximum atomic E-state index is 14.0. The van der Waals surface area contributed by atoms with Gasteiger partial charge in [0.2, 0.25) is 35.4 Å². The summed E-state index contributed by atoms with van der Waals surface area (Å²) in [5, 5.41) is 33.6. The number of benzene rings is 6. The van der Waals surface area contributed by atoms with Gasteiger partial charge in [-0.2, -0.15) is 0 Å². The van der Waals surface area contributed by atoms with Crippen LogP contribution in [0.1, 0.15) is 129 Å². The van der Waals surface area contributed by atoms with Gasteiger partial charge < -0.3 is 80.5 Å². The normalized spacial score (nSPS) is 19.0. The van der Waals surface area contributed by atoms with E-state index in [0.29, 0.717) is 26.2 Å². The SMILES string of the molecule is COC(=O)NC(C(=O)N1CCCC1c1ncc(-c2ccc(-c3ccc4c(ccc5[nH]c([C@@H]6C[Si](C)(C)CCN6C(=O)C(NC(=O)CO)C(C)C)nc54)c3)cc2)[nH]1)C(C)C.COC(=O)NC(C(=O)N1CC[Si](C)(C)CC1c1ncc(-c2ccc(-c3ccc4c(ccc5[nH]c([C@@H]6CCCN6C(=O)C(NC(=O)CO)C(C)C)nc54)c3)cc2)[nH]1)C(C)C. The highest BCUT2D eigenvalue weighted by Gasteiger charge is 2.45. The molecular formula is C88H112N16O12Si2. The predicted molar refractivity (Wildman–Crippen MR) is 460 cm³/mol. The number of aliphatic hydroxyl groups is 2. The molecule has 4 aliphatic rings. The number of aromatic amines is 4. The molecular weight excluding hydrogens is 1530 g/mol. The van der Waals surface area contributed by atoms with E-state index in [-0.39, 0.29) is 71.5 Å². The number of aliphatic hydroxyl groups excluding tert-OH is 2. The number of fused-ring (bicyclic) bond motifs is 6. The summed E-state index contributed by atoms with van der Waals surface area (Å²) in [5.74, 6) is 0.709. The molecule has 28 nitrogen and oxygen atoms in total. The summed E-state index contributed by atoms with van der Waals surface area (Å²) in [4.78, 5) is 145. The predicted octanol–water partition coefficient (Wildman–Crippen LogP) is 13.1. The molecule has 8 heterocycles. The van der Waals surface area contributed by atoms with Gasteiger partial charge in [0.05, 0.1) is 100 Å². The minimum absolute atomic E-state index is 0.110. The Kier molecular flexibility index (Phi) is 25.6. The highest BCUT2D eigenvalue weighted by molar-refractivity contribution is 6.78. The van der Waals surface area contributed by atoms with Crippen LogP contribution in [0.25, 0.3) is 88.4 Å². The molecule has 14 rings (SSSR count). The van der Waals surface area contributed by atoms with Crippen molar-refractivity contribution in [2.75, 3.05) is 53.6 Å². The van der Waals surface area contributed by atoms with Gasteiger partial charge in [0.1, 0.15) is 60.7 Å². The van der Waals surface area contributed by atoms with Crippen LogP contribution in [-0.2, 0) is 38.2 Å². The van der Waals surface area contributed by atoms with Crippen LogP contribution in [0.4, 0.5) is 9.59 Å². The van der Waals surface area contributed by atoms with Crippen molar-refractivity contribution in [3.63, 3.8) is 0 Å². The standard InChI is InChI=1S/2C44H56N8O6Si/c1-25(2)37(48-36(54)23-53)42(55)51-18-8-9-34(51)41-46-32-17-15-30-21-29(14-16-31(30)39(32)49-41)27-10-12-28(13-11-27)33-22-45-40(47-33)35-24-59(6,7)20-19-52(35)43(56)38(26(3)4)50-44(57)58-5;1-25(2)37(48-36(54)23-53)42(55)52-19-20-59(6,7)24-35(52)41-46-32-17-15-30-21-29(14-16-31(30)39(32)49-41)27-10-12-28(13-11-27)33-22-45-40(47-33)34-9-8-18-51(34)43(56)38(26(3)4)50-44(57)58-5/h2*10-17,21-22,25-26,34-35,37-38,53H,8-9,18-20,23-24H2,1-7H3,(H,45,47)(H,46,49)(H,48,54)(H,50,57)/t34-,35?,37?,38?;34?,35-,37?,38?/m00/s1. The van der Waals surface area contributed by atoms with Gasteiger partial charge in [-0.15, -0.1) is 0 Å². The fourth-order valence-electron chi connectivity index (χ4n) is 17.2. The van der Waals surface area contributed by atoms with E-state index in [2.05, 4.69) is 164 Å². The summed E-state index contributed by atoms with van der Waals surface area (Å²) in [6.07, 6.45) is 5.60. The summed E-state index contributed by atoms with van der Waals surface area (Å²) in [5.41, 5.74) is 11.4. The monoisotopic (exact) mass is 1640 g/mol. The van der Waals surface area contributed by atoms with Crippen LogP contribution in [0.15, 0.2) is 122 Å². The lowest BCUT2D eigenvalue weighted by molar-refractivity contribution is -0.140. The van der Waals surface area contributed by atoms with Gasteiger partial charge in [-0.3, -0.25) is 28.8 Å². The van der Waals surface area contributed by atoms with E-state index in [1.165, 1.54) is 14.2 Å². The number of carbonyl (C=O) groups is 8. The molecule has 10 N–H and O–H groups in total. The smallest absolute Gasteiger partial charge is 0.407 e. The van der Waals surface area contributed by atoms with Gasteiger partial charge in [0, 0.05) is 37.0 Å². The summed E-state index contributed by atoms with van der Waals surface area (Å²) in [6, 6.07) is 37.5.